The molecule has 0 saturated carbocycles. The topological polar surface area (TPSA) is 107 Å². The number of hydrogen-bond donors (Lipinski definition) is 2. The second-order valence-corrected chi connectivity index (χ2v) is 11.3. The second-order valence-electron chi connectivity index (χ2n) is 9.55. The number of aliphatic hydroxyl groups is 1. The average molecular weight is 488 g/mol. The van der Waals surface area contributed by atoms with Crippen LogP contribution in [0.5, 0.6) is 0 Å². The number of carbonyl (C=O) groups is 2. The number of hydrogen-bond acceptors (Lipinski definition) is 6. The van der Waals surface area contributed by atoms with E-state index in [1.165, 1.54) is 19.1 Å². The van der Waals surface area contributed by atoms with E-state index in [2.05, 4.69) is 9.62 Å². The highest BCUT2D eigenvalue weighted by molar-refractivity contribution is 7.89. The molecule has 1 saturated heterocycles. The molecule has 9 heteroatoms. The molecule has 1 unspecified atom stereocenters. The van der Waals surface area contributed by atoms with Gasteiger partial charge < -0.3 is 14.9 Å². The Balaban J connectivity index is 1.62. The summed E-state index contributed by atoms with van der Waals surface area (Å²) in [6.45, 7) is 8.91. The number of carbonyl (C=O) groups excluding carboxylic acids is 2. The van der Waals surface area contributed by atoms with Crippen LogP contribution in [0.3, 0.4) is 0 Å². The van der Waals surface area contributed by atoms with Crippen LogP contribution in [0.25, 0.3) is 0 Å². The van der Waals surface area contributed by atoms with E-state index in [1.807, 2.05) is 32.9 Å². The summed E-state index contributed by atoms with van der Waals surface area (Å²) in [6.07, 6.45) is 0. The first-order chi connectivity index (χ1) is 15.9. The van der Waals surface area contributed by atoms with Gasteiger partial charge >= 0.3 is 0 Å². The number of ketones is 1. The lowest BCUT2D eigenvalue weighted by Crippen LogP contribution is -2.56. The first-order valence-electron chi connectivity index (χ1n) is 11.3. The number of rotatable bonds is 7. The first kappa shape index (κ1) is 25.9. The Labute approximate surface area is 201 Å². The van der Waals surface area contributed by atoms with Gasteiger partial charge in [-0.2, -0.15) is 4.72 Å². The molecule has 34 heavy (non-hydrogen) atoms. The smallest absolute Gasteiger partial charge is 0.243 e. The fraction of sp³-hybridized carbons (Fsp3) is 0.440. The van der Waals surface area contributed by atoms with E-state index < -0.39 is 28.6 Å². The Morgan fingerprint density at radius 2 is 1.53 bits per heavy atom. The predicted molar refractivity (Wildman–Crippen MR) is 132 cm³/mol. The van der Waals surface area contributed by atoms with E-state index in [0.717, 1.165) is 11.3 Å². The molecule has 0 bridgehead atoms. The largest absolute Gasteiger partial charge is 0.394 e. The molecule has 1 heterocycles. The van der Waals surface area contributed by atoms with Gasteiger partial charge in [0.15, 0.2) is 5.78 Å². The molecule has 1 aliphatic rings. The average Bonchev–Trinajstić information content (AvgIpc) is 2.82. The molecule has 1 atom stereocenters. The van der Waals surface area contributed by atoms with Crippen molar-refractivity contribution in [3.8, 4) is 0 Å². The Hall–Kier alpha value is -2.75. The zero-order chi connectivity index (χ0) is 25.1. The van der Waals surface area contributed by atoms with Crippen molar-refractivity contribution in [1.82, 2.24) is 9.62 Å². The molecular formula is C25H33N3O5S. The van der Waals surface area contributed by atoms with Gasteiger partial charge in [-0.25, -0.2) is 8.42 Å². The fourth-order valence-corrected chi connectivity index (χ4v) is 5.05. The molecule has 1 amide bonds. The summed E-state index contributed by atoms with van der Waals surface area (Å²) in [5.74, 6) is -0.450. The van der Waals surface area contributed by atoms with E-state index >= 15 is 0 Å². The van der Waals surface area contributed by atoms with Crippen LogP contribution in [-0.4, -0.2) is 68.9 Å². The van der Waals surface area contributed by atoms with Crippen LogP contribution in [0.2, 0.25) is 0 Å². The van der Waals surface area contributed by atoms with Crippen molar-refractivity contribution in [2.45, 2.75) is 44.0 Å². The molecule has 3 rings (SSSR count). The van der Waals surface area contributed by atoms with E-state index in [9.17, 15) is 23.1 Å². The van der Waals surface area contributed by atoms with Crippen molar-refractivity contribution >= 4 is 27.4 Å². The van der Waals surface area contributed by atoms with Crippen molar-refractivity contribution in [3.05, 3.63) is 59.7 Å². The standard InChI is InChI=1S/C25H33N3O5S/c1-18(30)19-5-9-21(10-6-19)27-13-15-28(16-14-27)24(31)23(17-29)26-34(32,33)22-11-7-20(8-12-22)25(2,3)4/h5-12,23,26,29H,13-17H2,1-4H3. The Bertz CT molecular complexity index is 1110. The summed E-state index contributed by atoms with van der Waals surface area (Å²) in [5.41, 5.74) is 2.48. The van der Waals surface area contributed by atoms with Crippen LogP contribution in [0, 0.1) is 0 Å². The molecule has 184 valence electrons. The predicted octanol–water partition coefficient (Wildman–Crippen LogP) is 2.17. The third kappa shape index (κ3) is 6.02. The zero-order valence-electron chi connectivity index (χ0n) is 20.1. The minimum atomic E-state index is -3.98. The molecular weight excluding hydrogens is 454 g/mol. The maximum absolute atomic E-state index is 13.0. The highest BCUT2D eigenvalue weighted by Crippen LogP contribution is 2.23. The van der Waals surface area contributed by atoms with Crippen LogP contribution in [0.1, 0.15) is 43.6 Å². The molecule has 8 nitrogen and oxygen atoms in total. The number of nitrogens with zero attached hydrogens (tertiary/aromatic N) is 2. The molecule has 0 radical (unpaired) electrons. The van der Waals surface area contributed by atoms with Gasteiger partial charge in [0.1, 0.15) is 6.04 Å². The maximum Gasteiger partial charge on any atom is 0.243 e. The fourth-order valence-electron chi connectivity index (χ4n) is 3.87. The number of sulfonamides is 1. The second kappa shape index (κ2) is 10.2. The first-order valence-corrected chi connectivity index (χ1v) is 12.8. The van der Waals surface area contributed by atoms with E-state index in [0.29, 0.717) is 31.7 Å². The molecule has 1 aliphatic heterocycles. The molecule has 0 aliphatic carbocycles. The number of benzene rings is 2. The summed E-state index contributed by atoms with van der Waals surface area (Å²) in [6, 6.07) is 12.6. The van der Waals surface area contributed by atoms with Gasteiger partial charge in [-0.3, -0.25) is 9.59 Å². The quantitative estimate of drug-likeness (QED) is 0.580. The monoisotopic (exact) mass is 487 g/mol. The number of aliphatic hydroxyl groups excluding tert-OH is 1. The Morgan fingerprint density at radius 3 is 2.00 bits per heavy atom. The lowest BCUT2D eigenvalue weighted by molar-refractivity contribution is -0.134. The highest BCUT2D eigenvalue weighted by atomic mass is 32.2. The minimum absolute atomic E-state index is 0.00427. The van der Waals surface area contributed by atoms with Crippen molar-refractivity contribution < 1.29 is 23.1 Å². The van der Waals surface area contributed by atoms with Gasteiger partial charge in [-0.1, -0.05) is 32.9 Å². The lowest BCUT2D eigenvalue weighted by atomic mass is 9.87. The van der Waals surface area contributed by atoms with Gasteiger partial charge in [-0.05, 0) is 54.3 Å². The summed E-state index contributed by atoms with van der Waals surface area (Å²) >= 11 is 0. The van der Waals surface area contributed by atoms with Gasteiger partial charge in [0.05, 0.1) is 11.5 Å². The van der Waals surface area contributed by atoms with Crippen molar-refractivity contribution in [2.24, 2.45) is 0 Å². The third-order valence-electron chi connectivity index (χ3n) is 6.04. The third-order valence-corrected chi connectivity index (χ3v) is 7.53. The zero-order valence-corrected chi connectivity index (χ0v) is 20.9. The molecule has 0 aromatic heterocycles. The van der Waals surface area contributed by atoms with E-state index in [1.54, 1.807) is 29.2 Å². The van der Waals surface area contributed by atoms with Gasteiger partial charge in [0.2, 0.25) is 15.9 Å². The van der Waals surface area contributed by atoms with Crippen LogP contribution in [0.4, 0.5) is 5.69 Å². The minimum Gasteiger partial charge on any atom is -0.394 e. The number of anilines is 1. The SMILES string of the molecule is CC(=O)c1ccc(N2CCN(C(=O)C(CO)NS(=O)(=O)c3ccc(C(C)(C)C)cc3)CC2)cc1. The van der Waals surface area contributed by atoms with Gasteiger partial charge in [-0.15, -0.1) is 0 Å². The Kier molecular flexibility index (Phi) is 7.80. The van der Waals surface area contributed by atoms with Gasteiger partial charge in [0.25, 0.3) is 0 Å². The van der Waals surface area contributed by atoms with Crippen LogP contribution in [-0.2, 0) is 20.2 Å². The summed E-state index contributed by atoms with van der Waals surface area (Å²) in [4.78, 5) is 28.1. The number of nitrogens with one attached hydrogen (secondary N) is 1. The summed E-state index contributed by atoms with van der Waals surface area (Å²) in [5, 5.41) is 9.78. The normalized spacial score (nSPS) is 15.8. The van der Waals surface area contributed by atoms with E-state index in [4.69, 9.17) is 0 Å². The Morgan fingerprint density at radius 1 is 0.971 bits per heavy atom. The van der Waals surface area contributed by atoms with Crippen LogP contribution in [0.15, 0.2) is 53.4 Å². The lowest BCUT2D eigenvalue weighted by Gasteiger charge is -2.37. The molecule has 2 aromatic carbocycles. The van der Waals surface area contributed by atoms with Crippen molar-refractivity contribution in [2.75, 3.05) is 37.7 Å². The number of piperazine rings is 1. The molecule has 1 fully saturated rings. The van der Waals surface area contributed by atoms with Gasteiger partial charge in [0, 0.05) is 37.4 Å². The molecule has 2 N–H and O–H groups in total. The van der Waals surface area contributed by atoms with Crippen molar-refractivity contribution in [1.29, 1.82) is 0 Å². The highest BCUT2D eigenvalue weighted by Gasteiger charge is 2.31. The van der Waals surface area contributed by atoms with Crippen LogP contribution >= 0.6 is 0 Å². The molecule has 2 aromatic rings. The summed E-state index contributed by atoms with van der Waals surface area (Å²) < 4.78 is 28.0. The van der Waals surface area contributed by atoms with E-state index in [-0.39, 0.29) is 16.1 Å². The van der Waals surface area contributed by atoms with Crippen LogP contribution < -0.4 is 9.62 Å². The molecule has 0 spiro atoms. The number of amides is 1. The van der Waals surface area contributed by atoms with Crippen molar-refractivity contribution in [3.63, 3.8) is 0 Å². The maximum atomic E-state index is 13.0. The summed E-state index contributed by atoms with van der Waals surface area (Å²) in [7, 11) is -3.98. The number of Topliss-reactive ketones (excluding diaryl/α,β-unsaturated/α-hetero) is 1.